The van der Waals surface area contributed by atoms with Gasteiger partial charge < -0.3 is 15.2 Å². The Kier molecular flexibility index (Phi) is 4.22. The highest BCUT2D eigenvalue weighted by Gasteiger charge is 2.45. The molecule has 116 valence electrons. The number of carbonyl (C=O) groups is 1. The summed E-state index contributed by atoms with van der Waals surface area (Å²) in [4.78, 5) is 11.2. The Bertz CT molecular complexity index is 653. The smallest absolute Gasteiger partial charge is 0.241 e. The molecular formula is C13H18N2O5S. The van der Waals surface area contributed by atoms with Gasteiger partial charge in [-0.25, -0.2) is 13.1 Å². The standard InChI is InChI=1S/C13H18N2O5S/c1-9(17)14-11-7-10(3-4-12(11)20-2)21(18,19)15-13(8-16)5-6-13/h3-4,7,15-16H,5-6,8H2,1-2H3,(H,14,17). The number of anilines is 1. The zero-order chi connectivity index (χ0) is 15.7. The van der Waals surface area contributed by atoms with Crippen molar-refractivity contribution < 1.29 is 23.1 Å². The molecule has 1 fully saturated rings. The van der Waals surface area contributed by atoms with E-state index in [9.17, 15) is 18.3 Å². The number of hydrogen-bond donors (Lipinski definition) is 3. The van der Waals surface area contributed by atoms with Gasteiger partial charge >= 0.3 is 0 Å². The number of nitrogens with one attached hydrogen (secondary N) is 2. The number of methoxy groups -OCH3 is 1. The van der Waals surface area contributed by atoms with E-state index < -0.39 is 15.6 Å². The fourth-order valence-corrected chi connectivity index (χ4v) is 3.41. The molecule has 8 heteroatoms. The second kappa shape index (κ2) is 5.63. The molecule has 1 aliphatic rings. The van der Waals surface area contributed by atoms with E-state index in [1.54, 1.807) is 0 Å². The van der Waals surface area contributed by atoms with E-state index in [-0.39, 0.29) is 23.1 Å². The maximum absolute atomic E-state index is 12.3. The first-order valence-corrected chi connectivity index (χ1v) is 7.91. The topological polar surface area (TPSA) is 105 Å². The second-order valence-corrected chi connectivity index (χ2v) is 6.77. The van der Waals surface area contributed by atoms with Crippen molar-refractivity contribution in [2.45, 2.75) is 30.2 Å². The highest BCUT2D eigenvalue weighted by Crippen LogP contribution is 2.37. The summed E-state index contributed by atoms with van der Waals surface area (Å²) in [5, 5.41) is 11.7. The number of benzene rings is 1. The SMILES string of the molecule is COc1ccc(S(=O)(=O)NC2(CO)CC2)cc1NC(C)=O. The van der Waals surface area contributed by atoms with Gasteiger partial charge in [0.2, 0.25) is 15.9 Å². The van der Waals surface area contributed by atoms with Crippen LogP contribution in [0.25, 0.3) is 0 Å². The predicted octanol–water partition coefficient (Wildman–Crippen LogP) is 0.457. The van der Waals surface area contributed by atoms with Crippen molar-refractivity contribution in [3.05, 3.63) is 18.2 Å². The van der Waals surface area contributed by atoms with E-state index in [0.29, 0.717) is 18.6 Å². The van der Waals surface area contributed by atoms with E-state index in [1.807, 2.05) is 0 Å². The largest absolute Gasteiger partial charge is 0.495 e. The van der Waals surface area contributed by atoms with Crippen molar-refractivity contribution in [3.8, 4) is 5.75 Å². The van der Waals surface area contributed by atoms with Crippen LogP contribution in [0.5, 0.6) is 5.75 Å². The Morgan fingerprint density at radius 3 is 2.57 bits per heavy atom. The minimum atomic E-state index is -3.77. The normalized spacial score (nSPS) is 16.3. The highest BCUT2D eigenvalue weighted by molar-refractivity contribution is 7.89. The van der Waals surface area contributed by atoms with Crippen LogP contribution >= 0.6 is 0 Å². The summed E-state index contributed by atoms with van der Waals surface area (Å²) in [7, 11) is -2.34. The van der Waals surface area contributed by atoms with Crippen molar-refractivity contribution in [1.82, 2.24) is 4.72 Å². The molecule has 7 nitrogen and oxygen atoms in total. The number of hydrogen-bond acceptors (Lipinski definition) is 5. The average molecular weight is 314 g/mol. The van der Waals surface area contributed by atoms with E-state index in [2.05, 4.69) is 10.0 Å². The van der Waals surface area contributed by atoms with Crippen LogP contribution in [0, 0.1) is 0 Å². The van der Waals surface area contributed by atoms with Gasteiger partial charge in [0, 0.05) is 6.92 Å². The molecule has 0 saturated heterocycles. The molecule has 0 heterocycles. The van der Waals surface area contributed by atoms with Crippen LogP contribution in [0.15, 0.2) is 23.1 Å². The third kappa shape index (κ3) is 3.52. The van der Waals surface area contributed by atoms with E-state index >= 15 is 0 Å². The van der Waals surface area contributed by atoms with Gasteiger partial charge in [0.05, 0.1) is 29.8 Å². The Labute approximate surface area is 123 Å². The molecular weight excluding hydrogens is 296 g/mol. The number of amides is 1. The molecule has 1 aromatic rings. The van der Waals surface area contributed by atoms with Crippen molar-refractivity contribution in [1.29, 1.82) is 0 Å². The second-order valence-electron chi connectivity index (χ2n) is 5.09. The third-order valence-corrected chi connectivity index (χ3v) is 4.88. The van der Waals surface area contributed by atoms with Crippen molar-refractivity contribution >= 4 is 21.6 Å². The Hall–Kier alpha value is -1.64. The molecule has 0 spiro atoms. The van der Waals surface area contributed by atoms with Gasteiger partial charge in [0.25, 0.3) is 0 Å². The summed E-state index contributed by atoms with van der Waals surface area (Å²) in [5.74, 6) is 0.0391. The van der Waals surface area contributed by atoms with Crippen molar-refractivity contribution in [2.75, 3.05) is 19.0 Å². The van der Waals surface area contributed by atoms with Gasteiger partial charge in [-0.2, -0.15) is 0 Å². The molecule has 1 aliphatic carbocycles. The van der Waals surface area contributed by atoms with Crippen LogP contribution in [0.1, 0.15) is 19.8 Å². The van der Waals surface area contributed by atoms with Crippen LogP contribution in [-0.4, -0.2) is 38.7 Å². The molecule has 1 aromatic carbocycles. The molecule has 0 bridgehead atoms. The highest BCUT2D eigenvalue weighted by atomic mass is 32.2. The minimum Gasteiger partial charge on any atom is -0.495 e. The third-order valence-electron chi connectivity index (χ3n) is 3.30. The summed E-state index contributed by atoms with van der Waals surface area (Å²) in [6.07, 6.45) is 1.22. The van der Waals surface area contributed by atoms with Crippen LogP contribution in [0.4, 0.5) is 5.69 Å². The van der Waals surface area contributed by atoms with Gasteiger partial charge in [0.1, 0.15) is 5.75 Å². The number of rotatable bonds is 6. The molecule has 0 unspecified atom stereocenters. The zero-order valence-corrected chi connectivity index (χ0v) is 12.7. The number of aliphatic hydroxyl groups excluding tert-OH is 1. The van der Waals surface area contributed by atoms with Crippen LogP contribution in [-0.2, 0) is 14.8 Å². The lowest BCUT2D eigenvalue weighted by atomic mass is 10.3. The molecule has 1 saturated carbocycles. The molecule has 3 N–H and O–H groups in total. The van der Waals surface area contributed by atoms with E-state index in [4.69, 9.17) is 4.74 Å². The Morgan fingerprint density at radius 2 is 2.10 bits per heavy atom. The molecule has 0 aromatic heterocycles. The number of ether oxygens (including phenoxy) is 1. The summed E-state index contributed by atoms with van der Waals surface area (Å²) in [6.45, 7) is 1.09. The molecule has 21 heavy (non-hydrogen) atoms. The van der Waals surface area contributed by atoms with Gasteiger partial charge in [0.15, 0.2) is 0 Å². The van der Waals surface area contributed by atoms with E-state index in [0.717, 1.165) is 0 Å². The molecule has 1 amide bonds. The van der Waals surface area contributed by atoms with Crippen LogP contribution < -0.4 is 14.8 Å². The summed E-state index contributed by atoms with van der Waals surface area (Å²) in [5.41, 5.74) is -0.464. The van der Waals surface area contributed by atoms with Gasteiger partial charge in [-0.3, -0.25) is 4.79 Å². The monoisotopic (exact) mass is 314 g/mol. The zero-order valence-electron chi connectivity index (χ0n) is 11.8. The maximum atomic E-state index is 12.3. The number of aliphatic hydroxyl groups is 1. The van der Waals surface area contributed by atoms with E-state index in [1.165, 1.54) is 32.2 Å². The lowest BCUT2D eigenvalue weighted by molar-refractivity contribution is -0.114. The average Bonchev–Trinajstić information content (AvgIpc) is 3.17. The van der Waals surface area contributed by atoms with Crippen LogP contribution in [0.3, 0.4) is 0 Å². The van der Waals surface area contributed by atoms with Crippen molar-refractivity contribution in [3.63, 3.8) is 0 Å². The fourth-order valence-electron chi connectivity index (χ4n) is 1.93. The number of carbonyl (C=O) groups excluding carboxylic acids is 1. The van der Waals surface area contributed by atoms with Crippen LogP contribution in [0.2, 0.25) is 0 Å². The lowest BCUT2D eigenvalue weighted by Crippen LogP contribution is -2.39. The Balaban J connectivity index is 2.33. The number of sulfonamides is 1. The molecule has 2 rings (SSSR count). The molecule has 0 radical (unpaired) electrons. The maximum Gasteiger partial charge on any atom is 0.241 e. The first-order chi connectivity index (χ1) is 9.82. The molecule has 0 aliphatic heterocycles. The summed E-state index contributed by atoms with van der Waals surface area (Å²) >= 11 is 0. The Morgan fingerprint density at radius 1 is 1.43 bits per heavy atom. The summed E-state index contributed by atoms with van der Waals surface area (Å²) < 4.78 is 32.2. The van der Waals surface area contributed by atoms with Gasteiger partial charge in [-0.05, 0) is 31.0 Å². The lowest BCUT2D eigenvalue weighted by Gasteiger charge is -2.16. The first-order valence-electron chi connectivity index (χ1n) is 6.42. The fraction of sp³-hybridized carbons (Fsp3) is 0.462. The van der Waals surface area contributed by atoms with Crippen molar-refractivity contribution in [2.24, 2.45) is 0 Å². The first kappa shape index (κ1) is 15.7. The quantitative estimate of drug-likeness (QED) is 0.707. The predicted molar refractivity (Wildman–Crippen MR) is 76.7 cm³/mol. The van der Waals surface area contributed by atoms with Gasteiger partial charge in [-0.15, -0.1) is 0 Å². The summed E-state index contributed by atoms with van der Waals surface area (Å²) in [6, 6.07) is 4.19. The molecule has 0 atom stereocenters. The van der Waals surface area contributed by atoms with Gasteiger partial charge in [-0.1, -0.05) is 0 Å². The minimum absolute atomic E-state index is 0.00627.